The Hall–Kier alpha value is -2.44. The average molecular weight is 354 g/mol. The minimum absolute atomic E-state index is 0.0288. The van der Waals surface area contributed by atoms with E-state index in [-0.39, 0.29) is 25.5 Å². The third-order valence-corrected chi connectivity index (χ3v) is 6.20. The van der Waals surface area contributed by atoms with Gasteiger partial charge in [0.2, 0.25) is 13.6 Å². The Labute approximate surface area is 150 Å². The molecule has 6 nitrogen and oxygen atoms in total. The van der Waals surface area contributed by atoms with Crippen molar-refractivity contribution in [3.05, 3.63) is 46.5 Å². The van der Waals surface area contributed by atoms with Crippen LogP contribution < -0.4 is 23.8 Å². The maximum absolute atomic E-state index is 11.1. The van der Waals surface area contributed by atoms with Crippen molar-refractivity contribution in [3.8, 4) is 23.0 Å². The van der Waals surface area contributed by atoms with E-state index in [4.69, 9.17) is 18.9 Å². The minimum atomic E-state index is -0.442. The van der Waals surface area contributed by atoms with Crippen LogP contribution >= 0.6 is 0 Å². The Bertz CT molecular complexity index is 925. The fourth-order valence-electron chi connectivity index (χ4n) is 5.12. The summed E-state index contributed by atoms with van der Waals surface area (Å²) in [6.45, 7) is 1.38. The van der Waals surface area contributed by atoms with E-state index in [0.29, 0.717) is 6.42 Å². The van der Waals surface area contributed by atoms with E-state index in [1.165, 1.54) is 21.6 Å². The maximum Gasteiger partial charge on any atom is 0.231 e. The van der Waals surface area contributed by atoms with E-state index in [9.17, 15) is 5.11 Å². The predicted octanol–water partition coefficient (Wildman–Crippen LogP) is 0.914. The van der Waals surface area contributed by atoms with Crippen LogP contribution in [0.2, 0.25) is 0 Å². The number of quaternary nitrogens is 1. The third-order valence-electron chi connectivity index (χ3n) is 6.20. The first-order chi connectivity index (χ1) is 12.7. The molecule has 1 aliphatic carbocycles. The van der Waals surface area contributed by atoms with Gasteiger partial charge in [-0.15, -0.1) is 0 Å². The lowest BCUT2D eigenvalue weighted by molar-refractivity contribution is -0.931. The summed E-state index contributed by atoms with van der Waals surface area (Å²) in [5, 5.41) is 11.1. The van der Waals surface area contributed by atoms with Gasteiger partial charge in [-0.05, 0) is 35.7 Å². The number of ether oxygens (including phenoxy) is 4. The molecule has 6 heteroatoms. The van der Waals surface area contributed by atoms with E-state index in [1.54, 1.807) is 0 Å². The zero-order chi connectivity index (χ0) is 17.4. The second kappa shape index (κ2) is 5.05. The molecule has 26 heavy (non-hydrogen) atoms. The molecule has 1 unspecified atom stereocenters. The molecule has 134 valence electrons. The zero-order valence-electron chi connectivity index (χ0n) is 14.5. The van der Waals surface area contributed by atoms with E-state index in [2.05, 4.69) is 19.2 Å². The molecule has 0 amide bonds. The Kier molecular flexibility index (Phi) is 2.86. The van der Waals surface area contributed by atoms with Crippen molar-refractivity contribution in [1.82, 2.24) is 0 Å². The second-order valence-corrected chi connectivity index (χ2v) is 7.57. The summed E-state index contributed by atoms with van der Waals surface area (Å²) >= 11 is 0. The van der Waals surface area contributed by atoms with Gasteiger partial charge in [-0.25, -0.2) is 0 Å². The molecule has 6 rings (SSSR count). The highest BCUT2D eigenvalue weighted by molar-refractivity contribution is 5.56. The molecule has 2 N–H and O–H groups in total. The quantitative estimate of drug-likeness (QED) is 0.737. The van der Waals surface area contributed by atoms with Crippen LogP contribution in [0.1, 0.15) is 34.2 Å². The van der Waals surface area contributed by atoms with Gasteiger partial charge in [0.15, 0.2) is 23.0 Å². The van der Waals surface area contributed by atoms with Gasteiger partial charge < -0.3 is 29.0 Å². The summed E-state index contributed by atoms with van der Waals surface area (Å²) in [7, 11) is 2.18. The van der Waals surface area contributed by atoms with Crippen molar-refractivity contribution in [2.75, 3.05) is 20.6 Å². The number of likely N-dealkylation sites (N-methyl/N-ethyl adjacent to an activating group) is 1. The van der Waals surface area contributed by atoms with Crippen molar-refractivity contribution < 1.29 is 29.0 Å². The van der Waals surface area contributed by atoms with Crippen LogP contribution in [0.15, 0.2) is 24.3 Å². The Morgan fingerprint density at radius 2 is 1.73 bits per heavy atom. The van der Waals surface area contributed by atoms with Gasteiger partial charge in [-0.1, -0.05) is 6.07 Å². The van der Waals surface area contributed by atoms with Gasteiger partial charge in [0.1, 0.15) is 12.6 Å². The summed E-state index contributed by atoms with van der Waals surface area (Å²) < 4.78 is 22.4. The number of aliphatic hydroxyl groups excluding tert-OH is 1. The van der Waals surface area contributed by atoms with Crippen LogP contribution in [0, 0.1) is 0 Å². The summed E-state index contributed by atoms with van der Waals surface area (Å²) in [6, 6.07) is 8.41. The summed E-state index contributed by atoms with van der Waals surface area (Å²) in [6.07, 6.45) is 0.177. The van der Waals surface area contributed by atoms with E-state index in [1.807, 2.05) is 12.1 Å². The molecule has 0 spiro atoms. The third kappa shape index (κ3) is 1.83. The summed E-state index contributed by atoms with van der Waals surface area (Å²) in [5.41, 5.74) is 4.76. The van der Waals surface area contributed by atoms with Crippen molar-refractivity contribution >= 4 is 0 Å². The molecule has 0 fully saturated rings. The monoisotopic (exact) mass is 354 g/mol. The van der Waals surface area contributed by atoms with Crippen molar-refractivity contribution in [2.24, 2.45) is 0 Å². The standard InChI is InChI=1S/C20H19NO5/c1-21-7-13-11(2-3-15-20(13)26-9-23-15)18-14(22)4-10-5-16-17(25-8-24-16)6-12(10)19(18)21/h2-3,5-6,14,18-19,22H,4,7-9H2,1H3/p+1/t14-,18-,19-/m0/s1. The fourth-order valence-corrected chi connectivity index (χ4v) is 5.12. The van der Waals surface area contributed by atoms with Gasteiger partial charge in [0.05, 0.1) is 24.6 Å². The number of fused-ring (bicyclic) bond motifs is 8. The van der Waals surface area contributed by atoms with Crippen LogP contribution in [0.4, 0.5) is 0 Å². The molecule has 2 aromatic rings. The lowest BCUT2D eigenvalue weighted by atomic mass is 9.70. The molecule has 0 saturated carbocycles. The van der Waals surface area contributed by atoms with E-state index >= 15 is 0 Å². The molecule has 0 aromatic heterocycles. The lowest BCUT2D eigenvalue weighted by Crippen LogP contribution is -3.09. The van der Waals surface area contributed by atoms with Crippen LogP contribution in [0.3, 0.4) is 0 Å². The number of hydrogen-bond acceptors (Lipinski definition) is 5. The van der Waals surface area contributed by atoms with Gasteiger partial charge in [0, 0.05) is 5.56 Å². The largest absolute Gasteiger partial charge is 0.454 e. The topological polar surface area (TPSA) is 61.6 Å². The Balaban J connectivity index is 1.53. The van der Waals surface area contributed by atoms with E-state index in [0.717, 1.165) is 35.1 Å². The second-order valence-electron chi connectivity index (χ2n) is 7.57. The number of rotatable bonds is 0. The zero-order valence-corrected chi connectivity index (χ0v) is 14.5. The van der Waals surface area contributed by atoms with Crippen LogP contribution in [-0.4, -0.2) is 31.8 Å². The Morgan fingerprint density at radius 1 is 0.962 bits per heavy atom. The van der Waals surface area contributed by atoms with Gasteiger partial charge in [-0.3, -0.25) is 0 Å². The van der Waals surface area contributed by atoms with Crippen molar-refractivity contribution in [3.63, 3.8) is 0 Å². The number of hydrogen-bond donors (Lipinski definition) is 2. The van der Waals surface area contributed by atoms with Crippen LogP contribution in [0.5, 0.6) is 23.0 Å². The molecule has 0 radical (unpaired) electrons. The molecule has 0 bridgehead atoms. The molecular formula is C20H20NO5+. The minimum Gasteiger partial charge on any atom is -0.454 e. The average Bonchev–Trinajstić information content (AvgIpc) is 3.28. The predicted molar refractivity (Wildman–Crippen MR) is 90.9 cm³/mol. The summed E-state index contributed by atoms with van der Waals surface area (Å²) in [5.74, 6) is 3.28. The first-order valence-electron chi connectivity index (χ1n) is 9.05. The molecular weight excluding hydrogens is 334 g/mol. The molecule has 3 aliphatic heterocycles. The highest BCUT2D eigenvalue weighted by Crippen LogP contribution is 2.49. The summed E-state index contributed by atoms with van der Waals surface area (Å²) in [4.78, 5) is 1.34. The van der Waals surface area contributed by atoms with Gasteiger partial charge in [0.25, 0.3) is 0 Å². The number of benzene rings is 2. The number of nitrogens with one attached hydrogen (secondary N) is 1. The molecule has 2 aromatic carbocycles. The SMILES string of the molecule is C[NH+]1Cc2c(ccc3c2OCO3)[C@H]2[C@@H](O)Cc3cc4c(cc3[C@@H]21)OCO4. The maximum atomic E-state index is 11.1. The van der Waals surface area contributed by atoms with Crippen LogP contribution in [-0.2, 0) is 13.0 Å². The molecule has 3 heterocycles. The smallest absolute Gasteiger partial charge is 0.231 e. The highest BCUT2D eigenvalue weighted by atomic mass is 16.7. The van der Waals surface area contributed by atoms with Gasteiger partial charge in [-0.2, -0.15) is 0 Å². The molecule has 4 aliphatic rings. The van der Waals surface area contributed by atoms with E-state index < -0.39 is 6.10 Å². The van der Waals surface area contributed by atoms with Gasteiger partial charge >= 0.3 is 0 Å². The first-order valence-corrected chi connectivity index (χ1v) is 9.05. The molecule has 4 atom stereocenters. The van der Waals surface area contributed by atoms with Crippen molar-refractivity contribution in [1.29, 1.82) is 0 Å². The van der Waals surface area contributed by atoms with Crippen molar-refractivity contribution in [2.45, 2.75) is 31.0 Å². The first kappa shape index (κ1) is 14.7. The molecule has 0 saturated heterocycles. The van der Waals surface area contributed by atoms with Crippen LogP contribution in [0.25, 0.3) is 0 Å². The highest BCUT2D eigenvalue weighted by Gasteiger charge is 2.48. The fraction of sp³-hybridized carbons (Fsp3) is 0.400. The Morgan fingerprint density at radius 3 is 2.62 bits per heavy atom. The normalized spacial score (nSPS) is 29.8. The lowest BCUT2D eigenvalue weighted by Gasteiger charge is -2.44. The number of aliphatic hydroxyl groups is 1.